The van der Waals surface area contributed by atoms with Gasteiger partial charge < -0.3 is 0 Å². The predicted molar refractivity (Wildman–Crippen MR) is 98.9 cm³/mol. The molecule has 0 rings (SSSR count). The Morgan fingerprint density at radius 2 is 1.00 bits per heavy atom. The lowest BCUT2D eigenvalue weighted by Gasteiger charge is -2.03. The lowest BCUT2D eigenvalue weighted by molar-refractivity contribution is 0.521. The molecule has 0 amide bonds. The molecule has 0 aliphatic carbocycles. The second-order valence-electron chi connectivity index (χ2n) is 7.12. The topological polar surface area (TPSA) is 0 Å². The van der Waals surface area contributed by atoms with Crippen LogP contribution in [0.25, 0.3) is 0 Å². The second-order valence-corrected chi connectivity index (χ2v) is 7.12. The Hall–Kier alpha value is -0.260. The molecule has 0 aromatic heterocycles. The van der Waals surface area contributed by atoms with E-state index in [1.165, 1.54) is 96.3 Å². The first-order valence-electron chi connectivity index (χ1n) is 9.92. The highest BCUT2D eigenvalue weighted by atomic mass is 14.0. The molecule has 0 spiro atoms. The first kappa shape index (κ1) is 20.7. The Morgan fingerprint density at radius 3 is 1.48 bits per heavy atom. The normalized spacial score (nSPS) is 11.8. The zero-order valence-electron chi connectivity index (χ0n) is 15.3. The van der Waals surface area contributed by atoms with Crippen molar-refractivity contribution in [3.63, 3.8) is 0 Å². The molecule has 0 heterocycles. The smallest absolute Gasteiger partial charge is 0.0351 e. The van der Waals surface area contributed by atoms with E-state index in [-0.39, 0.29) is 0 Å². The predicted octanol–water partition coefficient (Wildman–Crippen LogP) is 8.07. The second kappa shape index (κ2) is 17.8. The molecular formula is C21H42. The minimum Gasteiger partial charge on any atom is -0.0885 e. The summed E-state index contributed by atoms with van der Waals surface area (Å²) in [6.45, 7) is 6.94. The van der Waals surface area contributed by atoms with Gasteiger partial charge in [-0.05, 0) is 31.6 Å². The Kier molecular flexibility index (Phi) is 17.6. The Labute approximate surface area is 135 Å². The molecule has 0 saturated carbocycles. The van der Waals surface area contributed by atoms with E-state index in [0.29, 0.717) is 0 Å². The van der Waals surface area contributed by atoms with Crippen molar-refractivity contribution < 1.29 is 0 Å². The third-order valence-electron chi connectivity index (χ3n) is 4.29. The average Bonchev–Trinajstić information content (AvgIpc) is 2.46. The third kappa shape index (κ3) is 19.7. The fraction of sp³-hybridized carbons (Fsp3) is 0.905. The van der Waals surface area contributed by atoms with Gasteiger partial charge in [0.1, 0.15) is 0 Å². The van der Waals surface area contributed by atoms with Crippen LogP contribution >= 0.6 is 0 Å². The van der Waals surface area contributed by atoms with E-state index in [2.05, 4.69) is 32.9 Å². The van der Waals surface area contributed by atoms with E-state index in [4.69, 9.17) is 0 Å². The van der Waals surface area contributed by atoms with Crippen molar-refractivity contribution in [1.29, 1.82) is 0 Å². The fourth-order valence-electron chi connectivity index (χ4n) is 2.80. The van der Waals surface area contributed by atoms with E-state index >= 15 is 0 Å². The quantitative estimate of drug-likeness (QED) is 0.199. The summed E-state index contributed by atoms with van der Waals surface area (Å²) in [5.41, 5.74) is 0. The van der Waals surface area contributed by atoms with Gasteiger partial charge in [0.25, 0.3) is 0 Å². The highest BCUT2D eigenvalue weighted by Crippen LogP contribution is 2.12. The molecule has 0 fully saturated rings. The molecule has 0 heteroatoms. The monoisotopic (exact) mass is 294 g/mol. The van der Waals surface area contributed by atoms with Crippen molar-refractivity contribution >= 4 is 0 Å². The summed E-state index contributed by atoms with van der Waals surface area (Å²) < 4.78 is 0. The summed E-state index contributed by atoms with van der Waals surface area (Å²) in [7, 11) is 0. The lowest BCUT2D eigenvalue weighted by atomic mass is 10.0. The van der Waals surface area contributed by atoms with Gasteiger partial charge in [0, 0.05) is 0 Å². The van der Waals surface area contributed by atoms with Crippen molar-refractivity contribution in [2.45, 2.75) is 117 Å². The van der Waals surface area contributed by atoms with Crippen LogP contribution in [0, 0.1) is 5.92 Å². The van der Waals surface area contributed by atoms with Crippen LogP contribution in [0.1, 0.15) is 117 Å². The van der Waals surface area contributed by atoms with Crippen molar-refractivity contribution in [3.8, 4) is 0 Å². The van der Waals surface area contributed by atoms with Crippen molar-refractivity contribution in [3.05, 3.63) is 12.2 Å². The largest absolute Gasteiger partial charge is 0.0885 e. The van der Waals surface area contributed by atoms with Gasteiger partial charge >= 0.3 is 0 Å². The summed E-state index contributed by atoms with van der Waals surface area (Å²) in [5, 5.41) is 0. The summed E-state index contributed by atoms with van der Waals surface area (Å²) in [5.74, 6) is 0.886. The number of hydrogen-bond acceptors (Lipinski definition) is 0. The Bertz CT molecular complexity index is 202. The maximum atomic E-state index is 2.42. The van der Waals surface area contributed by atoms with Gasteiger partial charge in [-0.25, -0.2) is 0 Å². The van der Waals surface area contributed by atoms with Gasteiger partial charge in [-0.3, -0.25) is 0 Å². The first-order valence-corrected chi connectivity index (χ1v) is 9.92. The molecule has 0 aliphatic rings. The molecule has 0 unspecified atom stereocenters. The minimum atomic E-state index is 0.886. The fourth-order valence-corrected chi connectivity index (χ4v) is 2.80. The van der Waals surface area contributed by atoms with Crippen LogP contribution in [0.5, 0.6) is 0 Å². The molecule has 21 heavy (non-hydrogen) atoms. The highest BCUT2D eigenvalue weighted by molar-refractivity contribution is 4.81. The molecular weight excluding hydrogens is 252 g/mol. The van der Waals surface area contributed by atoms with Gasteiger partial charge in [-0.15, -0.1) is 0 Å². The van der Waals surface area contributed by atoms with Gasteiger partial charge in [0.15, 0.2) is 0 Å². The summed E-state index contributed by atoms with van der Waals surface area (Å²) in [4.78, 5) is 0. The molecule has 126 valence electrons. The van der Waals surface area contributed by atoms with Crippen molar-refractivity contribution in [1.82, 2.24) is 0 Å². The molecule has 0 atom stereocenters. The zero-order chi connectivity index (χ0) is 15.6. The summed E-state index contributed by atoms with van der Waals surface area (Å²) in [6, 6.07) is 0. The molecule has 0 saturated heterocycles. The van der Waals surface area contributed by atoms with E-state index in [9.17, 15) is 0 Å². The van der Waals surface area contributed by atoms with Crippen LogP contribution in [0.3, 0.4) is 0 Å². The van der Waals surface area contributed by atoms with Gasteiger partial charge in [0.2, 0.25) is 0 Å². The van der Waals surface area contributed by atoms with Crippen LogP contribution in [-0.4, -0.2) is 0 Å². The molecule has 0 aliphatic heterocycles. The molecule has 0 aromatic carbocycles. The van der Waals surface area contributed by atoms with Crippen LogP contribution in [0.4, 0.5) is 0 Å². The molecule has 0 N–H and O–H groups in total. The highest BCUT2D eigenvalue weighted by Gasteiger charge is 1.94. The van der Waals surface area contributed by atoms with Crippen molar-refractivity contribution in [2.75, 3.05) is 0 Å². The minimum absolute atomic E-state index is 0.886. The van der Waals surface area contributed by atoms with E-state index in [0.717, 1.165) is 5.92 Å². The Balaban J connectivity index is 3.05. The first-order chi connectivity index (χ1) is 10.3. The van der Waals surface area contributed by atoms with E-state index in [1.54, 1.807) is 0 Å². The van der Waals surface area contributed by atoms with Crippen LogP contribution < -0.4 is 0 Å². The SMILES string of the molecule is CCCCCCCCCCC=CCCCCCCC(C)C. The maximum absolute atomic E-state index is 2.42. The standard InChI is InChI=1S/C21H42/c1-4-5-6-7-8-9-10-11-12-13-14-15-16-17-18-19-20-21(2)3/h13-14,21H,4-12,15-20H2,1-3H3. The van der Waals surface area contributed by atoms with Gasteiger partial charge in [0.05, 0.1) is 0 Å². The molecule has 0 nitrogen and oxygen atoms in total. The third-order valence-corrected chi connectivity index (χ3v) is 4.29. The molecule has 0 radical (unpaired) electrons. The van der Waals surface area contributed by atoms with E-state index in [1.807, 2.05) is 0 Å². The summed E-state index contributed by atoms with van der Waals surface area (Å²) >= 11 is 0. The van der Waals surface area contributed by atoms with Gasteiger partial charge in [-0.2, -0.15) is 0 Å². The Morgan fingerprint density at radius 1 is 0.571 bits per heavy atom. The number of hydrogen-bond donors (Lipinski definition) is 0. The number of rotatable bonds is 16. The number of unbranched alkanes of at least 4 members (excludes halogenated alkanes) is 12. The maximum Gasteiger partial charge on any atom is -0.0351 e. The van der Waals surface area contributed by atoms with Crippen LogP contribution in [0.15, 0.2) is 12.2 Å². The summed E-state index contributed by atoms with van der Waals surface area (Å²) in [6.07, 6.45) is 26.0. The van der Waals surface area contributed by atoms with Crippen LogP contribution in [-0.2, 0) is 0 Å². The average molecular weight is 295 g/mol. The zero-order valence-corrected chi connectivity index (χ0v) is 15.3. The van der Waals surface area contributed by atoms with Gasteiger partial charge in [-0.1, -0.05) is 104 Å². The molecule has 0 bridgehead atoms. The van der Waals surface area contributed by atoms with E-state index < -0.39 is 0 Å². The molecule has 0 aromatic rings. The lowest BCUT2D eigenvalue weighted by Crippen LogP contribution is -1.86. The number of allylic oxidation sites excluding steroid dienone is 2. The van der Waals surface area contributed by atoms with Crippen LogP contribution in [0.2, 0.25) is 0 Å². The van der Waals surface area contributed by atoms with Crippen molar-refractivity contribution in [2.24, 2.45) is 5.92 Å².